The molecule has 0 amide bonds. The first-order valence-electron chi connectivity index (χ1n) is 12.4. The molecule has 172 valence electrons. The summed E-state index contributed by atoms with van der Waals surface area (Å²) in [5.41, 5.74) is 13.5. The molecule has 5 aromatic rings. The lowest BCUT2D eigenvalue weighted by molar-refractivity contribution is 0.660. The number of hydrogen-bond donors (Lipinski definition) is 0. The molecule has 35 heavy (non-hydrogen) atoms. The lowest BCUT2D eigenvalue weighted by Crippen LogP contribution is -2.14. The lowest BCUT2D eigenvalue weighted by Gasteiger charge is -2.21. The Balaban J connectivity index is 0.000000166. The molecule has 0 unspecified atom stereocenters. The summed E-state index contributed by atoms with van der Waals surface area (Å²) >= 11 is 0. The SMILES string of the molecule is Cc1ccc(-c2ccc3c(c2)-c2ccccc2C3(C)C)cc1.Cc1ccc(-c2ccccc2)cc1. The van der Waals surface area contributed by atoms with Gasteiger partial charge in [0, 0.05) is 5.41 Å². The summed E-state index contributed by atoms with van der Waals surface area (Å²) < 4.78 is 0. The average Bonchev–Trinajstić information content (AvgIpc) is 3.12. The number of aryl methyl sites for hydroxylation is 2. The van der Waals surface area contributed by atoms with E-state index in [9.17, 15) is 0 Å². The van der Waals surface area contributed by atoms with Crippen LogP contribution in [0.5, 0.6) is 0 Å². The molecular formula is C35H32. The number of benzene rings is 5. The van der Waals surface area contributed by atoms with Gasteiger partial charge in [-0.3, -0.25) is 0 Å². The summed E-state index contributed by atoms with van der Waals surface area (Å²) in [6, 6.07) is 43.5. The van der Waals surface area contributed by atoms with Crippen molar-refractivity contribution >= 4 is 0 Å². The van der Waals surface area contributed by atoms with Crippen molar-refractivity contribution in [1.29, 1.82) is 0 Å². The maximum Gasteiger partial charge on any atom is 0.0158 e. The van der Waals surface area contributed by atoms with E-state index in [-0.39, 0.29) is 5.41 Å². The summed E-state index contributed by atoms with van der Waals surface area (Å²) in [7, 11) is 0. The van der Waals surface area contributed by atoms with Crippen LogP contribution in [-0.2, 0) is 5.41 Å². The molecule has 0 saturated carbocycles. The third kappa shape index (κ3) is 4.57. The molecule has 0 nitrogen and oxygen atoms in total. The summed E-state index contributed by atoms with van der Waals surface area (Å²) in [5.74, 6) is 0. The second kappa shape index (κ2) is 9.39. The molecule has 0 heteroatoms. The number of fused-ring (bicyclic) bond motifs is 3. The Morgan fingerprint density at radius 2 is 0.857 bits per heavy atom. The Morgan fingerprint density at radius 1 is 0.400 bits per heavy atom. The second-order valence-corrected chi connectivity index (χ2v) is 10.0. The van der Waals surface area contributed by atoms with Crippen LogP contribution in [0, 0.1) is 13.8 Å². The van der Waals surface area contributed by atoms with Crippen LogP contribution in [0.15, 0.2) is 121 Å². The van der Waals surface area contributed by atoms with Crippen LogP contribution in [0.1, 0.15) is 36.1 Å². The quantitative estimate of drug-likeness (QED) is 0.250. The van der Waals surface area contributed by atoms with Gasteiger partial charge in [0.05, 0.1) is 0 Å². The van der Waals surface area contributed by atoms with Crippen LogP contribution >= 0.6 is 0 Å². The maximum absolute atomic E-state index is 2.35. The van der Waals surface area contributed by atoms with Crippen molar-refractivity contribution in [3.8, 4) is 33.4 Å². The van der Waals surface area contributed by atoms with E-state index in [1.807, 2.05) is 6.07 Å². The second-order valence-electron chi connectivity index (χ2n) is 10.0. The minimum atomic E-state index is 0.0950. The van der Waals surface area contributed by atoms with Crippen molar-refractivity contribution in [2.75, 3.05) is 0 Å². The first kappa shape index (κ1) is 22.9. The summed E-state index contributed by atoms with van der Waals surface area (Å²) in [5, 5.41) is 0. The predicted molar refractivity (Wildman–Crippen MR) is 151 cm³/mol. The minimum absolute atomic E-state index is 0.0950. The van der Waals surface area contributed by atoms with Gasteiger partial charge in [0.15, 0.2) is 0 Å². The van der Waals surface area contributed by atoms with Crippen LogP contribution in [0.4, 0.5) is 0 Å². The third-order valence-corrected chi connectivity index (χ3v) is 7.13. The van der Waals surface area contributed by atoms with Crippen molar-refractivity contribution < 1.29 is 0 Å². The van der Waals surface area contributed by atoms with E-state index in [0.29, 0.717) is 0 Å². The summed E-state index contributed by atoms with van der Waals surface area (Å²) in [6.45, 7) is 8.88. The highest BCUT2D eigenvalue weighted by Crippen LogP contribution is 2.49. The van der Waals surface area contributed by atoms with E-state index >= 15 is 0 Å². The van der Waals surface area contributed by atoms with E-state index in [1.54, 1.807) is 0 Å². The highest BCUT2D eigenvalue weighted by Gasteiger charge is 2.34. The van der Waals surface area contributed by atoms with Crippen LogP contribution in [0.25, 0.3) is 33.4 Å². The van der Waals surface area contributed by atoms with Gasteiger partial charge in [-0.1, -0.05) is 140 Å². The zero-order valence-corrected chi connectivity index (χ0v) is 21.0. The van der Waals surface area contributed by atoms with Crippen molar-refractivity contribution in [2.24, 2.45) is 0 Å². The fourth-order valence-corrected chi connectivity index (χ4v) is 5.02. The van der Waals surface area contributed by atoms with Crippen molar-refractivity contribution in [2.45, 2.75) is 33.1 Å². The first-order chi connectivity index (χ1) is 16.9. The van der Waals surface area contributed by atoms with Crippen molar-refractivity contribution in [3.05, 3.63) is 144 Å². The van der Waals surface area contributed by atoms with Gasteiger partial charge in [-0.05, 0) is 64.4 Å². The van der Waals surface area contributed by atoms with Crippen molar-refractivity contribution in [1.82, 2.24) is 0 Å². The molecular weight excluding hydrogens is 420 g/mol. The average molecular weight is 453 g/mol. The van der Waals surface area contributed by atoms with Crippen LogP contribution in [-0.4, -0.2) is 0 Å². The highest BCUT2D eigenvalue weighted by atomic mass is 14.4. The van der Waals surface area contributed by atoms with Gasteiger partial charge in [-0.2, -0.15) is 0 Å². The van der Waals surface area contributed by atoms with Crippen LogP contribution < -0.4 is 0 Å². The van der Waals surface area contributed by atoms with Gasteiger partial charge in [0.1, 0.15) is 0 Å². The molecule has 0 spiro atoms. The minimum Gasteiger partial charge on any atom is -0.0622 e. The van der Waals surface area contributed by atoms with Gasteiger partial charge in [0.2, 0.25) is 0 Å². The molecule has 0 aliphatic heterocycles. The predicted octanol–water partition coefficient (Wildman–Crippen LogP) is 9.63. The summed E-state index contributed by atoms with van der Waals surface area (Å²) in [6.07, 6.45) is 0. The Hall–Kier alpha value is -3.90. The van der Waals surface area contributed by atoms with Crippen molar-refractivity contribution in [3.63, 3.8) is 0 Å². The van der Waals surface area contributed by atoms with Gasteiger partial charge in [-0.25, -0.2) is 0 Å². The zero-order chi connectivity index (χ0) is 24.4. The van der Waals surface area contributed by atoms with E-state index in [2.05, 4.69) is 143 Å². The molecule has 5 aromatic carbocycles. The van der Waals surface area contributed by atoms with Gasteiger partial charge >= 0.3 is 0 Å². The highest BCUT2D eigenvalue weighted by molar-refractivity contribution is 5.84. The van der Waals surface area contributed by atoms with E-state index in [4.69, 9.17) is 0 Å². The molecule has 0 N–H and O–H groups in total. The molecule has 0 aromatic heterocycles. The molecule has 0 heterocycles. The molecule has 0 atom stereocenters. The Labute approximate surface area is 209 Å². The fourth-order valence-electron chi connectivity index (χ4n) is 5.02. The lowest BCUT2D eigenvalue weighted by atomic mass is 9.82. The molecule has 0 bridgehead atoms. The van der Waals surface area contributed by atoms with Gasteiger partial charge < -0.3 is 0 Å². The number of rotatable bonds is 2. The molecule has 1 aliphatic carbocycles. The van der Waals surface area contributed by atoms with Crippen LogP contribution in [0.2, 0.25) is 0 Å². The zero-order valence-electron chi connectivity index (χ0n) is 21.0. The maximum atomic E-state index is 2.35. The Bertz CT molecular complexity index is 1440. The largest absolute Gasteiger partial charge is 0.0622 e. The Kier molecular flexibility index (Phi) is 6.14. The Morgan fingerprint density at radius 3 is 1.49 bits per heavy atom. The summed E-state index contributed by atoms with van der Waals surface area (Å²) in [4.78, 5) is 0. The standard InChI is InChI=1S/C22H20.C13H12/c1-15-8-10-16(11-9-15)17-12-13-21-19(14-17)18-6-4-5-7-20(18)22(21,2)3;1-11-7-9-13(10-8-11)12-5-3-2-4-6-12/h4-14H,1-3H3;2-10H,1H3. The van der Waals surface area contributed by atoms with Crippen LogP contribution in [0.3, 0.4) is 0 Å². The molecule has 1 aliphatic rings. The van der Waals surface area contributed by atoms with Gasteiger partial charge in [-0.15, -0.1) is 0 Å². The van der Waals surface area contributed by atoms with Gasteiger partial charge in [0.25, 0.3) is 0 Å². The molecule has 0 fully saturated rings. The molecule has 6 rings (SSSR count). The number of hydrogen-bond acceptors (Lipinski definition) is 0. The normalized spacial score (nSPS) is 12.8. The molecule has 0 radical (unpaired) electrons. The smallest absolute Gasteiger partial charge is 0.0158 e. The fraction of sp³-hybridized carbons (Fsp3) is 0.143. The monoisotopic (exact) mass is 452 g/mol. The first-order valence-corrected chi connectivity index (χ1v) is 12.4. The third-order valence-electron chi connectivity index (χ3n) is 7.13. The van der Waals surface area contributed by atoms with E-state index in [1.165, 1.54) is 55.6 Å². The van der Waals surface area contributed by atoms with E-state index < -0.39 is 0 Å². The topological polar surface area (TPSA) is 0 Å². The molecule has 0 saturated heterocycles. The van der Waals surface area contributed by atoms with E-state index in [0.717, 1.165) is 0 Å².